The number of aromatic nitrogens is 2. The van der Waals surface area contributed by atoms with Crippen LogP contribution in [0, 0.1) is 11.6 Å². The number of phenols is 1. The summed E-state index contributed by atoms with van der Waals surface area (Å²) in [6, 6.07) is 9.62. The van der Waals surface area contributed by atoms with Crippen molar-refractivity contribution < 1.29 is 31.9 Å². The molecule has 0 saturated carbocycles. The zero-order chi connectivity index (χ0) is 22.5. The highest BCUT2D eigenvalue weighted by Crippen LogP contribution is 2.38. The molecule has 0 aliphatic rings. The second-order valence-corrected chi connectivity index (χ2v) is 6.93. The Morgan fingerprint density at radius 3 is 2.39 bits per heavy atom. The molecule has 1 heterocycles. The van der Waals surface area contributed by atoms with E-state index in [1.54, 1.807) is 0 Å². The first kappa shape index (κ1) is 20.8. The summed E-state index contributed by atoms with van der Waals surface area (Å²) in [6.45, 7) is 0. The summed E-state index contributed by atoms with van der Waals surface area (Å²) < 4.78 is 70.0. The molecule has 3 aromatic carbocycles. The number of carbonyl (C=O) groups is 1. The molecule has 4 nitrogen and oxygen atoms in total. The van der Waals surface area contributed by atoms with E-state index in [-0.39, 0.29) is 22.2 Å². The van der Waals surface area contributed by atoms with Crippen molar-refractivity contribution >= 4 is 28.4 Å². The number of benzene rings is 3. The summed E-state index contributed by atoms with van der Waals surface area (Å²) in [5.41, 5.74) is -3.08. The molecule has 0 amide bonds. The van der Waals surface area contributed by atoms with Gasteiger partial charge in [0.25, 0.3) is 5.91 Å². The van der Waals surface area contributed by atoms with Crippen molar-refractivity contribution in [2.24, 2.45) is 0 Å². The van der Waals surface area contributed by atoms with E-state index >= 15 is 0 Å². The smallest absolute Gasteiger partial charge is 0.417 e. The number of phenolic OH excluding ortho intramolecular Hbond substituents is 1. The van der Waals surface area contributed by atoms with Gasteiger partial charge in [-0.2, -0.15) is 23.0 Å². The molecule has 31 heavy (non-hydrogen) atoms. The van der Waals surface area contributed by atoms with Gasteiger partial charge in [0, 0.05) is 17.7 Å². The molecule has 0 unspecified atom stereocenters. The fourth-order valence-electron chi connectivity index (χ4n) is 3.26. The fraction of sp³-hybridized carbons (Fsp3) is 0.0476. The minimum absolute atomic E-state index is 0.182. The fourth-order valence-corrected chi connectivity index (χ4v) is 3.52. The average Bonchev–Trinajstić information content (AvgIpc) is 3.06. The van der Waals surface area contributed by atoms with Gasteiger partial charge in [-0.25, -0.2) is 8.78 Å². The number of alkyl halides is 3. The second kappa shape index (κ2) is 7.35. The number of aromatic hydroxyl groups is 1. The molecule has 0 bridgehead atoms. The quantitative estimate of drug-likeness (QED) is 0.377. The van der Waals surface area contributed by atoms with Crippen molar-refractivity contribution in [3.05, 3.63) is 82.4 Å². The summed E-state index contributed by atoms with van der Waals surface area (Å²) in [5.74, 6) is -3.75. The van der Waals surface area contributed by atoms with Crippen LogP contribution in [0.4, 0.5) is 22.0 Å². The van der Waals surface area contributed by atoms with Gasteiger partial charge >= 0.3 is 6.18 Å². The molecule has 0 aliphatic carbocycles. The van der Waals surface area contributed by atoms with E-state index in [0.717, 1.165) is 30.3 Å². The number of halogens is 6. The third-order valence-electron chi connectivity index (χ3n) is 4.57. The van der Waals surface area contributed by atoms with Gasteiger partial charge in [0.1, 0.15) is 23.1 Å². The molecule has 1 aromatic heterocycles. The van der Waals surface area contributed by atoms with Crippen molar-refractivity contribution in [1.29, 1.82) is 0 Å². The summed E-state index contributed by atoms with van der Waals surface area (Å²) in [6.07, 6.45) is -4.92. The van der Waals surface area contributed by atoms with Crippen LogP contribution in [0.25, 0.3) is 22.2 Å². The van der Waals surface area contributed by atoms with Gasteiger partial charge in [0.2, 0.25) is 0 Å². The van der Waals surface area contributed by atoms with Crippen molar-refractivity contribution in [3.63, 3.8) is 0 Å². The summed E-state index contributed by atoms with van der Waals surface area (Å²) in [5, 5.41) is 12.8. The zero-order valence-electron chi connectivity index (χ0n) is 15.2. The first-order chi connectivity index (χ1) is 14.6. The first-order valence-electron chi connectivity index (χ1n) is 8.66. The van der Waals surface area contributed by atoms with Gasteiger partial charge in [0.15, 0.2) is 0 Å². The SMILES string of the molecule is O=C(c1c(Cl)cccc1C(F)(F)F)n1nc(-c2ccccc2F)c2c(F)cc(O)cc21. The van der Waals surface area contributed by atoms with E-state index in [1.165, 1.54) is 18.2 Å². The lowest BCUT2D eigenvalue weighted by Gasteiger charge is -2.13. The Bertz CT molecular complexity index is 1350. The predicted molar refractivity (Wildman–Crippen MR) is 103 cm³/mol. The van der Waals surface area contributed by atoms with Crippen LogP contribution in [-0.2, 0) is 6.18 Å². The van der Waals surface area contributed by atoms with E-state index in [9.17, 15) is 31.9 Å². The van der Waals surface area contributed by atoms with E-state index in [4.69, 9.17) is 11.6 Å². The minimum atomic E-state index is -4.92. The lowest BCUT2D eigenvalue weighted by molar-refractivity contribution is -0.137. The standard InChI is InChI=1S/C21H10ClF5N2O2/c22-13-6-3-5-12(21(25,26)27)17(13)20(31)29-16-9-10(30)8-15(24)18(16)19(28-29)11-4-1-2-7-14(11)23/h1-9,30H. The number of carbonyl (C=O) groups excluding carboxylic acids is 1. The van der Waals surface area contributed by atoms with Crippen LogP contribution in [0.2, 0.25) is 5.02 Å². The summed E-state index contributed by atoms with van der Waals surface area (Å²) >= 11 is 5.90. The zero-order valence-corrected chi connectivity index (χ0v) is 16.0. The molecular formula is C21H10ClF5N2O2. The Labute approximate surface area is 176 Å². The van der Waals surface area contributed by atoms with Crippen LogP contribution in [0.15, 0.2) is 54.6 Å². The van der Waals surface area contributed by atoms with Crippen LogP contribution in [-0.4, -0.2) is 20.8 Å². The minimum Gasteiger partial charge on any atom is -0.508 e. The Kier molecular flexibility index (Phi) is 4.93. The molecule has 4 rings (SSSR count). The molecule has 4 aromatic rings. The lowest BCUT2D eigenvalue weighted by Crippen LogP contribution is -2.20. The van der Waals surface area contributed by atoms with Gasteiger partial charge in [-0.1, -0.05) is 29.8 Å². The molecule has 0 atom stereocenters. The highest BCUT2D eigenvalue weighted by atomic mass is 35.5. The van der Waals surface area contributed by atoms with E-state index in [0.29, 0.717) is 10.7 Å². The van der Waals surface area contributed by atoms with Gasteiger partial charge in [-0.3, -0.25) is 4.79 Å². The van der Waals surface area contributed by atoms with Crippen molar-refractivity contribution in [1.82, 2.24) is 9.78 Å². The number of hydrogen-bond acceptors (Lipinski definition) is 3. The molecule has 158 valence electrons. The molecule has 0 aliphatic heterocycles. The van der Waals surface area contributed by atoms with Crippen molar-refractivity contribution in [3.8, 4) is 17.0 Å². The Balaban J connectivity index is 2.05. The van der Waals surface area contributed by atoms with Gasteiger partial charge in [-0.05, 0) is 24.3 Å². The number of nitrogens with zero attached hydrogens (tertiary/aromatic N) is 2. The number of hydrogen-bond donors (Lipinski definition) is 1. The maximum atomic E-state index is 14.7. The van der Waals surface area contributed by atoms with Gasteiger partial charge in [0.05, 0.1) is 27.1 Å². The van der Waals surface area contributed by atoms with E-state index in [2.05, 4.69) is 5.10 Å². The van der Waals surface area contributed by atoms with Crippen molar-refractivity contribution in [2.75, 3.05) is 0 Å². The van der Waals surface area contributed by atoms with Crippen LogP contribution < -0.4 is 0 Å². The highest BCUT2D eigenvalue weighted by Gasteiger charge is 2.37. The predicted octanol–water partition coefficient (Wildman–Crippen LogP) is 6.05. The molecule has 0 saturated heterocycles. The normalized spacial score (nSPS) is 11.8. The molecule has 10 heteroatoms. The van der Waals surface area contributed by atoms with Gasteiger partial charge in [-0.15, -0.1) is 0 Å². The van der Waals surface area contributed by atoms with Crippen LogP contribution in [0.5, 0.6) is 5.75 Å². The molecule has 0 fully saturated rings. The molecule has 1 N–H and O–H groups in total. The van der Waals surface area contributed by atoms with E-state index < -0.39 is 45.6 Å². The third-order valence-corrected chi connectivity index (χ3v) is 4.89. The summed E-state index contributed by atoms with van der Waals surface area (Å²) in [7, 11) is 0. The Morgan fingerprint density at radius 1 is 1.00 bits per heavy atom. The topological polar surface area (TPSA) is 55.1 Å². The average molecular weight is 453 g/mol. The van der Waals surface area contributed by atoms with Crippen molar-refractivity contribution in [2.45, 2.75) is 6.18 Å². The van der Waals surface area contributed by atoms with Crippen LogP contribution in [0.1, 0.15) is 15.9 Å². The summed E-state index contributed by atoms with van der Waals surface area (Å²) in [4.78, 5) is 13.1. The van der Waals surface area contributed by atoms with Gasteiger partial charge < -0.3 is 5.11 Å². The lowest BCUT2D eigenvalue weighted by atomic mass is 10.1. The Hall–Kier alpha value is -3.46. The second-order valence-electron chi connectivity index (χ2n) is 6.53. The largest absolute Gasteiger partial charge is 0.508 e. The number of fused-ring (bicyclic) bond motifs is 1. The molecule has 0 radical (unpaired) electrons. The van der Waals surface area contributed by atoms with E-state index in [1.807, 2.05) is 0 Å². The molecular weight excluding hydrogens is 443 g/mol. The maximum Gasteiger partial charge on any atom is 0.417 e. The maximum absolute atomic E-state index is 14.7. The van der Waals surface area contributed by atoms with Crippen LogP contribution in [0.3, 0.4) is 0 Å². The number of rotatable bonds is 2. The Morgan fingerprint density at radius 2 is 1.71 bits per heavy atom. The highest BCUT2D eigenvalue weighted by molar-refractivity contribution is 6.34. The monoisotopic (exact) mass is 452 g/mol. The third kappa shape index (κ3) is 3.50. The first-order valence-corrected chi connectivity index (χ1v) is 9.04. The molecule has 0 spiro atoms. The van der Waals surface area contributed by atoms with Crippen LogP contribution >= 0.6 is 11.6 Å².